The first-order valence-electron chi connectivity index (χ1n) is 10.4. The third-order valence-corrected chi connectivity index (χ3v) is 5.95. The van der Waals surface area contributed by atoms with Crippen LogP contribution in [0.15, 0.2) is 93.2 Å². The van der Waals surface area contributed by atoms with Crippen molar-refractivity contribution in [3.8, 4) is 11.3 Å². The molecule has 0 saturated heterocycles. The molecule has 2 heterocycles. The van der Waals surface area contributed by atoms with Crippen molar-refractivity contribution in [2.45, 2.75) is 6.54 Å². The number of nitrogens with one attached hydrogen (secondary N) is 1. The molecule has 0 fully saturated rings. The maximum absolute atomic E-state index is 12.8. The summed E-state index contributed by atoms with van der Waals surface area (Å²) in [6.45, 7) is -0.0137. The van der Waals surface area contributed by atoms with Gasteiger partial charge in [-0.3, -0.25) is 9.59 Å². The van der Waals surface area contributed by atoms with Crippen LogP contribution in [0.2, 0.25) is 10.0 Å². The van der Waals surface area contributed by atoms with Gasteiger partial charge in [-0.2, -0.15) is 5.10 Å². The van der Waals surface area contributed by atoms with E-state index in [0.717, 1.165) is 0 Å². The van der Waals surface area contributed by atoms with E-state index in [-0.39, 0.29) is 17.9 Å². The van der Waals surface area contributed by atoms with Gasteiger partial charge in [-0.25, -0.2) is 5.43 Å². The highest BCUT2D eigenvalue weighted by Crippen LogP contribution is 2.31. The zero-order valence-corrected chi connectivity index (χ0v) is 19.2. The molecule has 0 bridgehead atoms. The Bertz CT molecular complexity index is 1580. The van der Waals surface area contributed by atoms with Crippen molar-refractivity contribution in [2.24, 2.45) is 5.10 Å². The van der Waals surface area contributed by atoms with Crippen LogP contribution < -0.4 is 10.9 Å². The Morgan fingerprint density at radius 1 is 0.941 bits per heavy atom. The van der Waals surface area contributed by atoms with E-state index < -0.39 is 0 Å². The molecule has 1 amide bonds. The number of hydrogen-bond acceptors (Lipinski definition) is 4. The van der Waals surface area contributed by atoms with E-state index in [4.69, 9.17) is 27.6 Å². The molecule has 0 aliphatic carbocycles. The molecule has 8 heteroatoms. The third-order valence-electron chi connectivity index (χ3n) is 5.38. The molecule has 0 radical (unpaired) electrons. The molecule has 0 aliphatic heterocycles. The number of carbonyl (C=O) groups excluding carboxylic acids is 1. The van der Waals surface area contributed by atoms with E-state index in [1.165, 1.54) is 6.21 Å². The summed E-state index contributed by atoms with van der Waals surface area (Å²) in [6.07, 6.45) is 1.40. The average molecular weight is 490 g/mol. The highest BCUT2D eigenvalue weighted by molar-refractivity contribution is 6.35. The van der Waals surface area contributed by atoms with Gasteiger partial charge >= 0.3 is 0 Å². The number of amides is 1. The van der Waals surface area contributed by atoms with Gasteiger partial charge in [0.1, 0.15) is 18.1 Å². The second-order valence-electron chi connectivity index (χ2n) is 7.57. The lowest BCUT2D eigenvalue weighted by molar-refractivity contribution is -0.121. The van der Waals surface area contributed by atoms with Gasteiger partial charge in [0.2, 0.25) is 0 Å². The third kappa shape index (κ3) is 4.21. The zero-order chi connectivity index (χ0) is 23.7. The van der Waals surface area contributed by atoms with E-state index in [9.17, 15) is 9.59 Å². The molecule has 0 spiro atoms. The summed E-state index contributed by atoms with van der Waals surface area (Å²) < 4.78 is 7.56. The number of rotatable bonds is 5. The number of carbonyl (C=O) groups is 1. The maximum atomic E-state index is 12.8. The molecular weight excluding hydrogens is 473 g/mol. The van der Waals surface area contributed by atoms with Crippen molar-refractivity contribution in [2.75, 3.05) is 0 Å². The van der Waals surface area contributed by atoms with Crippen molar-refractivity contribution in [1.82, 2.24) is 9.99 Å². The molecule has 5 aromatic rings. The Kier molecular flexibility index (Phi) is 5.92. The second kappa shape index (κ2) is 9.17. The van der Waals surface area contributed by atoms with Gasteiger partial charge in [0.25, 0.3) is 5.91 Å². The maximum Gasteiger partial charge on any atom is 0.260 e. The standard InChI is InChI=1S/C26H17Cl2N3O3/c27-16-9-11-21(28)20(13-16)24-12-10-17(34-24)14-29-30-25(32)15-31-22-7-3-1-5-18(22)26(33)19-6-2-4-8-23(19)31/h1-14H,15H2,(H,30,32)/b29-14+. The van der Waals surface area contributed by atoms with Gasteiger partial charge in [0, 0.05) is 21.4 Å². The number of halogens is 2. The zero-order valence-electron chi connectivity index (χ0n) is 17.7. The molecule has 0 unspecified atom stereocenters. The van der Waals surface area contributed by atoms with Gasteiger partial charge in [-0.15, -0.1) is 0 Å². The van der Waals surface area contributed by atoms with E-state index in [1.54, 1.807) is 54.6 Å². The van der Waals surface area contributed by atoms with E-state index in [2.05, 4.69) is 10.5 Å². The van der Waals surface area contributed by atoms with Crippen LogP contribution in [0.25, 0.3) is 33.1 Å². The fourth-order valence-corrected chi connectivity index (χ4v) is 4.23. The summed E-state index contributed by atoms with van der Waals surface area (Å²) in [5.74, 6) is 0.622. The van der Waals surface area contributed by atoms with Crippen LogP contribution >= 0.6 is 23.2 Å². The molecule has 168 valence electrons. The summed E-state index contributed by atoms with van der Waals surface area (Å²) in [5, 5.41) is 6.17. The van der Waals surface area contributed by atoms with Crippen molar-refractivity contribution in [3.63, 3.8) is 0 Å². The van der Waals surface area contributed by atoms with E-state index in [0.29, 0.717) is 48.9 Å². The molecule has 2 aromatic heterocycles. The van der Waals surface area contributed by atoms with Gasteiger partial charge < -0.3 is 8.98 Å². The van der Waals surface area contributed by atoms with Crippen molar-refractivity contribution >= 4 is 57.1 Å². The predicted molar refractivity (Wildman–Crippen MR) is 136 cm³/mol. The molecule has 0 aliphatic rings. The molecule has 0 saturated carbocycles. The average Bonchev–Trinajstić information content (AvgIpc) is 3.32. The lowest BCUT2D eigenvalue weighted by Gasteiger charge is -2.14. The lowest BCUT2D eigenvalue weighted by atomic mass is 10.1. The van der Waals surface area contributed by atoms with Crippen LogP contribution in [0.1, 0.15) is 5.76 Å². The molecule has 1 N–H and O–H groups in total. The van der Waals surface area contributed by atoms with Crippen LogP contribution in [-0.2, 0) is 11.3 Å². The fraction of sp³-hybridized carbons (Fsp3) is 0.0385. The quantitative estimate of drug-likeness (QED) is 0.190. The Hall–Kier alpha value is -3.87. The number of nitrogens with zero attached hydrogens (tertiary/aromatic N) is 2. The molecule has 34 heavy (non-hydrogen) atoms. The highest BCUT2D eigenvalue weighted by Gasteiger charge is 2.13. The van der Waals surface area contributed by atoms with Gasteiger partial charge in [-0.1, -0.05) is 47.5 Å². The van der Waals surface area contributed by atoms with Gasteiger partial charge in [-0.05, 0) is 54.6 Å². The first-order chi connectivity index (χ1) is 16.5. The van der Waals surface area contributed by atoms with E-state index >= 15 is 0 Å². The number of aromatic nitrogens is 1. The van der Waals surface area contributed by atoms with Crippen LogP contribution in [-0.4, -0.2) is 16.7 Å². The lowest BCUT2D eigenvalue weighted by Crippen LogP contribution is -2.25. The number of hydrogen-bond donors (Lipinski definition) is 1. The summed E-state index contributed by atoms with van der Waals surface area (Å²) in [4.78, 5) is 25.5. The number of fused-ring (bicyclic) bond motifs is 2. The monoisotopic (exact) mass is 489 g/mol. The first kappa shape index (κ1) is 21.9. The largest absolute Gasteiger partial charge is 0.455 e. The first-order valence-corrected chi connectivity index (χ1v) is 11.1. The molecule has 6 nitrogen and oxygen atoms in total. The number of benzene rings is 3. The Morgan fingerprint density at radius 2 is 1.62 bits per heavy atom. The summed E-state index contributed by atoms with van der Waals surface area (Å²) in [7, 11) is 0. The highest BCUT2D eigenvalue weighted by atomic mass is 35.5. The topological polar surface area (TPSA) is 76.6 Å². The second-order valence-corrected chi connectivity index (χ2v) is 8.41. The number of para-hydroxylation sites is 2. The minimum atomic E-state index is -0.347. The normalized spacial score (nSPS) is 11.5. The van der Waals surface area contributed by atoms with Crippen LogP contribution in [0, 0.1) is 0 Å². The molecule has 3 aromatic carbocycles. The number of hydrazone groups is 1. The summed E-state index contributed by atoms with van der Waals surface area (Å²) >= 11 is 12.3. The summed E-state index contributed by atoms with van der Waals surface area (Å²) in [6, 6.07) is 23.0. The molecular formula is C26H17Cl2N3O3. The van der Waals surface area contributed by atoms with Crippen LogP contribution in [0.4, 0.5) is 0 Å². The summed E-state index contributed by atoms with van der Waals surface area (Å²) in [5.41, 5.74) is 4.48. The number of pyridine rings is 1. The Morgan fingerprint density at radius 3 is 2.32 bits per heavy atom. The molecule has 0 atom stereocenters. The van der Waals surface area contributed by atoms with Crippen molar-refractivity contribution in [3.05, 3.63) is 105 Å². The Labute approximate surface area is 204 Å². The smallest absolute Gasteiger partial charge is 0.260 e. The van der Waals surface area contributed by atoms with E-state index in [1.807, 2.05) is 28.8 Å². The number of furan rings is 1. The van der Waals surface area contributed by atoms with Crippen molar-refractivity contribution in [1.29, 1.82) is 0 Å². The van der Waals surface area contributed by atoms with Crippen molar-refractivity contribution < 1.29 is 9.21 Å². The predicted octanol–water partition coefficient (Wildman–Crippen LogP) is 5.87. The van der Waals surface area contributed by atoms with Gasteiger partial charge in [0.15, 0.2) is 5.43 Å². The molecule has 5 rings (SSSR count). The fourth-order valence-electron chi connectivity index (χ4n) is 3.85. The SMILES string of the molecule is O=C(Cn1c2ccccc2c(=O)c2ccccc21)N/N=C/c1ccc(-c2cc(Cl)ccc2Cl)o1. The van der Waals surface area contributed by atoms with Gasteiger partial charge in [0.05, 0.1) is 22.3 Å². The Balaban J connectivity index is 1.37. The minimum absolute atomic E-state index is 0.0137. The minimum Gasteiger partial charge on any atom is -0.455 e. The van der Waals surface area contributed by atoms with Crippen LogP contribution in [0.3, 0.4) is 0 Å². The van der Waals surface area contributed by atoms with Crippen LogP contribution in [0.5, 0.6) is 0 Å².